The van der Waals surface area contributed by atoms with Crippen LogP contribution in [0.3, 0.4) is 0 Å². The van der Waals surface area contributed by atoms with Crippen LogP contribution in [0.1, 0.15) is 41.4 Å². The summed E-state index contributed by atoms with van der Waals surface area (Å²) in [4.78, 5) is 14.9. The first-order chi connectivity index (χ1) is 6.90. The summed E-state index contributed by atoms with van der Waals surface area (Å²) in [6, 6.07) is 3.94. The molecule has 0 amide bonds. The lowest BCUT2D eigenvalue weighted by Gasteiger charge is -2.22. The van der Waals surface area contributed by atoms with Crippen molar-refractivity contribution < 1.29 is 4.79 Å². The third kappa shape index (κ3) is 1.99. The van der Waals surface area contributed by atoms with Crippen molar-refractivity contribution in [2.24, 2.45) is 0 Å². The molecule has 1 atom stereocenters. The van der Waals surface area contributed by atoms with Crippen LogP contribution in [0.4, 0.5) is 0 Å². The zero-order valence-electron chi connectivity index (χ0n) is 8.07. The number of nitrogens with zero attached hydrogens (tertiary/aromatic N) is 1. The predicted octanol–water partition coefficient (Wildman–Crippen LogP) is 1.71. The van der Waals surface area contributed by atoms with E-state index in [-0.39, 0.29) is 0 Å². The number of aldehydes is 1. The Morgan fingerprint density at radius 3 is 3.14 bits per heavy atom. The number of carbonyl (C=O) groups is 1. The van der Waals surface area contributed by atoms with E-state index in [9.17, 15) is 4.79 Å². The monoisotopic (exact) mass is 190 g/mol. The summed E-state index contributed by atoms with van der Waals surface area (Å²) in [5.74, 6) is 0. The SMILES string of the molecule is O=Cc1ccnc(C2CCCCN2)c1. The van der Waals surface area contributed by atoms with E-state index in [0.29, 0.717) is 11.6 Å². The molecule has 0 spiro atoms. The average Bonchev–Trinajstić information content (AvgIpc) is 2.30. The molecular weight excluding hydrogens is 176 g/mol. The summed E-state index contributed by atoms with van der Waals surface area (Å²) in [5.41, 5.74) is 1.71. The Kier molecular flexibility index (Phi) is 2.89. The number of piperidine rings is 1. The molecule has 74 valence electrons. The molecule has 1 saturated heterocycles. The summed E-state index contributed by atoms with van der Waals surface area (Å²) >= 11 is 0. The van der Waals surface area contributed by atoms with Crippen LogP contribution in [0.5, 0.6) is 0 Å². The number of carbonyl (C=O) groups excluding carboxylic acids is 1. The van der Waals surface area contributed by atoms with E-state index in [1.165, 1.54) is 12.8 Å². The van der Waals surface area contributed by atoms with E-state index in [2.05, 4.69) is 10.3 Å². The van der Waals surface area contributed by atoms with Gasteiger partial charge in [0.2, 0.25) is 0 Å². The third-order valence-electron chi connectivity index (χ3n) is 2.61. The molecule has 2 heterocycles. The Balaban J connectivity index is 2.17. The maximum absolute atomic E-state index is 10.6. The fourth-order valence-corrected chi connectivity index (χ4v) is 1.83. The Morgan fingerprint density at radius 2 is 2.43 bits per heavy atom. The molecule has 0 aliphatic carbocycles. The third-order valence-corrected chi connectivity index (χ3v) is 2.61. The van der Waals surface area contributed by atoms with Gasteiger partial charge >= 0.3 is 0 Å². The molecule has 0 aromatic carbocycles. The average molecular weight is 190 g/mol. The summed E-state index contributed by atoms with van der Waals surface area (Å²) in [6.45, 7) is 1.05. The molecule has 1 fully saturated rings. The molecule has 3 nitrogen and oxygen atoms in total. The van der Waals surface area contributed by atoms with Crippen molar-refractivity contribution >= 4 is 6.29 Å². The van der Waals surface area contributed by atoms with Crippen LogP contribution in [0.2, 0.25) is 0 Å². The molecule has 1 aliphatic rings. The summed E-state index contributed by atoms with van der Waals surface area (Å²) in [7, 11) is 0. The normalized spacial score (nSPS) is 21.9. The zero-order valence-corrected chi connectivity index (χ0v) is 8.07. The number of rotatable bonds is 2. The second-order valence-corrected chi connectivity index (χ2v) is 3.63. The second-order valence-electron chi connectivity index (χ2n) is 3.63. The lowest BCUT2D eigenvalue weighted by atomic mass is 10.0. The van der Waals surface area contributed by atoms with Crippen molar-refractivity contribution in [1.82, 2.24) is 10.3 Å². The largest absolute Gasteiger partial charge is 0.309 e. The molecule has 0 saturated carbocycles. The van der Waals surface area contributed by atoms with E-state index in [4.69, 9.17) is 0 Å². The molecule has 1 aromatic rings. The van der Waals surface area contributed by atoms with Gasteiger partial charge in [0.1, 0.15) is 6.29 Å². The summed E-state index contributed by atoms with van der Waals surface area (Å²) in [5, 5.41) is 3.41. The molecule has 14 heavy (non-hydrogen) atoms. The number of hydrogen-bond donors (Lipinski definition) is 1. The first kappa shape index (κ1) is 9.34. The second kappa shape index (κ2) is 4.33. The first-order valence-corrected chi connectivity index (χ1v) is 5.04. The predicted molar refractivity (Wildman–Crippen MR) is 54.2 cm³/mol. The number of hydrogen-bond acceptors (Lipinski definition) is 3. The van der Waals surface area contributed by atoms with Crippen molar-refractivity contribution in [2.75, 3.05) is 6.54 Å². The van der Waals surface area contributed by atoms with Gasteiger partial charge in [-0.25, -0.2) is 0 Å². The number of aromatic nitrogens is 1. The summed E-state index contributed by atoms with van der Waals surface area (Å²) in [6.07, 6.45) is 6.17. The highest BCUT2D eigenvalue weighted by atomic mass is 16.1. The lowest BCUT2D eigenvalue weighted by molar-refractivity contribution is 0.112. The Labute approximate surface area is 83.5 Å². The lowest BCUT2D eigenvalue weighted by Crippen LogP contribution is -2.27. The smallest absolute Gasteiger partial charge is 0.150 e. The van der Waals surface area contributed by atoms with E-state index in [1.807, 2.05) is 6.07 Å². The highest BCUT2D eigenvalue weighted by Gasteiger charge is 2.15. The van der Waals surface area contributed by atoms with Crippen molar-refractivity contribution in [3.05, 3.63) is 29.6 Å². The minimum Gasteiger partial charge on any atom is -0.309 e. The van der Waals surface area contributed by atoms with E-state index >= 15 is 0 Å². The first-order valence-electron chi connectivity index (χ1n) is 5.04. The fourth-order valence-electron chi connectivity index (χ4n) is 1.83. The van der Waals surface area contributed by atoms with Crippen LogP contribution < -0.4 is 5.32 Å². The molecule has 0 bridgehead atoms. The summed E-state index contributed by atoms with van der Waals surface area (Å²) < 4.78 is 0. The van der Waals surface area contributed by atoms with Crippen molar-refractivity contribution in [2.45, 2.75) is 25.3 Å². The molecular formula is C11H14N2O. The molecule has 3 heteroatoms. The van der Waals surface area contributed by atoms with E-state index in [1.54, 1.807) is 12.3 Å². The molecule has 1 aliphatic heterocycles. The quantitative estimate of drug-likeness (QED) is 0.722. The van der Waals surface area contributed by atoms with Gasteiger partial charge < -0.3 is 5.32 Å². The van der Waals surface area contributed by atoms with Crippen LogP contribution in [0.25, 0.3) is 0 Å². The van der Waals surface area contributed by atoms with Crippen LogP contribution in [0, 0.1) is 0 Å². The highest BCUT2D eigenvalue weighted by Crippen LogP contribution is 2.21. The van der Waals surface area contributed by atoms with Gasteiger partial charge in [-0.1, -0.05) is 6.42 Å². The zero-order chi connectivity index (χ0) is 9.80. The van der Waals surface area contributed by atoms with E-state index in [0.717, 1.165) is 24.9 Å². The maximum Gasteiger partial charge on any atom is 0.150 e. The molecule has 1 unspecified atom stereocenters. The van der Waals surface area contributed by atoms with Crippen molar-refractivity contribution in [3.8, 4) is 0 Å². The van der Waals surface area contributed by atoms with E-state index < -0.39 is 0 Å². The Bertz CT molecular complexity index is 319. The standard InChI is InChI=1S/C11H14N2O/c14-8-9-4-6-13-11(7-9)10-3-1-2-5-12-10/h4,6-8,10,12H,1-3,5H2. The van der Waals surface area contributed by atoms with Gasteiger partial charge in [0.15, 0.2) is 0 Å². The van der Waals surface area contributed by atoms with Crippen LogP contribution in [-0.2, 0) is 0 Å². The molecule has 1 aromatic heterocycles. The molecule has 2 rings (SSSR count). The van der Waals surface area contributed by atoms with Gasteiger partial charge in [-0.15, -0.1) is 0 Å². The van der Waals surface area contributed by atoms with Crippen molar-refractivity contribution in [1.29, 1.82) is 0 Å². The molecule has 1 N–H and O–H groups in total. The van der Waals surface area contributed by atoms with Crippen LogP contribution in [0.15, 0.2) is 18.3 Å². The Hall–Kier alpha value is -1.22. The van der Waals surface area contributed by atoms with Crippen LogP contribution in [-0.4, -0.2) is 17.8 Å². The number of nitrogens with one attached hydrogen (secondary N) is 1. The van der Waals surface area contributed by atoms with Gasteiger partial charge in [0, 0.05) is 17.8 Å². The van der Waals surface area contributed by atoms with Gasteiger partial charge in [-0.05, 0) is 31.5 Å². The fraction of sp³-hybridized carbons (Fsp3) is 0.455. The topological polar surface area (TPSA) is 42.0 Å². The minimum atomic E-state index is 0.337. The van der Waals surface area contributed by atoms with Gasteiger partial charge in [-0.3, -0.25) is 9.78 Å². The van der Waals surface area contributed by atoms with Gasteiger partial charge in [0.05, 0.1) is 5.69 Å². The molecule has 0 radical (unpaired) electrons. The van der Waals surface area contributed by atoms with Gasteiger partial charge in [0.25, 0.3) is 0 Å². The Morgan fingerprint density at radius 1 is 1.50 bits per heavy atom. The maximum atomic E-state index is 10.6. The van der Waals surface area contributed by atoms with Gasteiger partial charge in [-0.2, -0.15) is 0 Å². The highest BCUT2D eigenvalue weighted by molar-refractivity contribution is 5.74. The van der Waals surface area contributed by atoms with Crippen molar-refractivity contribution in [3.63, 3.8) is 0 Å². The number of pyridine rings is 1. The van der Waals surface area contributed by atoms with Crippen LogP contribution >= 0.6 is 0 Å². The minimum absolute atomic E-state index is 0.337.